The van der Waals surface area contributed by atoms with E-state index >= 15 is 0 Å². The van der Waals surface area contributed by atoms with Crippen molar-refractivity contribution in [2.75, 3.05) is 13.7 Å². The molecule has 2 aromatic carbocycles. The van der Waals surface area contributed by atoms with Crippen molar-refractivity contribution in [2.24, 2.45) is 5.73 Å². The molecule has 0 spiro atoms. The van der Waals surface area contributed by atoms with Gasteiger partial charge in [-0.15, -0.1) is 0 Å². The molecule has 0 bridgehead atoms. The summed E-state index contributed by atoms with van der Waals surface area (Å²) in [5.41, 5.74) is 10.0. The molecule has 4 nitrogen and oxygen atoms in total. The molecule has 2 N–H and O–H groups in total. The second-order valence-electron chi connectivity index (χ2n) is 4.99. The van der Waals surface area contributed by atoms with E-state index < -0.39 is 0 Å². The van der Waals surface area contributed by atoms with Crippen LogP contribution in [0.25, 0.3) is 16.8 Å². The molecule has 0 aliphatic rings. The first-order chi connectivity index (χ1) is 10.8. The second kappa shape index (κ2) is 6.45. The molecule has 3 rings (SSSR count). The number of hydrogen-bond donors (Lipinski definition) is 1. The van der Waals surface area contributed by atoms with E-state index in [1.165, 1.54) is 0 Å². The largest absolute Gasteiger partial charge is 0.496 e. The van der Waals surface area contributed by atoms with Crippen LogP contribution >= 0.6 is 0 Å². The van der Waals surface area contributed by atoms with Gasteiger partial charge in [-0.05, 0) is 24.7 Å². The van der Waals surface area contributed by atoms with Gasteiger partial charge in [-0.2, -0.15) is 5.10 Å². The normalized spacial score (nSPS) is 10.6. The van der Waals surface area contributed by atoms with Gasteiger partial charge in [-0.25, -0.2) is 4.68 Å². The van der Waals surface area contributed by atoms with Crippen molar-refractivity contribution in [1.82, 2.24) is 9.78 Å². The van der Waals surface area contributed by atoms with Crippen molar-refractivity contribution >= 4 is 0 Å². The van der Waals surface area contributed by atoms with Gasteiger partial charge in [0.2, 0.25) is 0 Å². The number of ether oxygens (including phenoxy) is 1. The fourth-order valence-electron chi connectivity index (χ4n) is 2.63. The quantitative estimate of drug-likeness (QED) is 0.786. The molecule has 0 saturated carbocycles. The minimum Gasteiger partial charge on any atom is -0.496 e. The van der Waals surface area contributed by atoms with Crippen molar-refractivity contribution in [3.8, 4) is 22.6 Å². The lowest BCUT2D eigenvalue weighted by atomic mass is 10.0. The number of aromatic nitrogens is 2. The molecule has 4 heteroatoms. The lowest BCUT2D eigenvalue weighted by Crippen LogP contribution is -2.09. The van der Waals surface area contributed by atoms with Crippen molar-refractivity contribution < 1.29 is 4.74 Å². The molecule has 0 radical (unpaired) electrons. The Labute approximate surface area is 130 Å². The highest BCUT2D eigenvalue weighted by atomic mass is 16.5. The highest BCUT2D eigenvalue weighted by Crippen LogP contribution is 2.33. The van der Waals surface area contributed by atoms with Crippen LogP contribution in [0.5, 0.6) is 5.75 Å². The number of nitrogens with two attached hydrogens (primary N) is 1. The summed E-state index contributed by atoms with van der Waals surface area (Å²) in [6.45, 7) is 0.570. The van der Waals surface area contributed by atoms with Gasteiger partial charge >= 0.3 is 0 Å². The first-order valence-electron chi connectivity index (χ1n) is 7.31. The smallest absolute Gasteiger partial charge is 0.126 e. The van der Waals surface area contributed by atoms with E-state index in [2.05, 4.69) is 5.10 Å². The zero-order chi connectivity index (χ0) is 15.4. The van der Waals surface area contributed by atoms with Crippen LogP contribution in [0.3, 0.4) is 0 Å². The minimum absolute atomic E-state index is 0.570. The van der Waals surface area contributed by atoms with Crippen LogP contribution in [0.15, 0.2) is 60.8 Å². The summed E-state index contributed by atoms with van der Waals surface area (Å²) in [6.07, 6.45) is 2.64. The minimum atomic E-state index is 0.570. The summed E-state index contributed by atoms with van der Waals surface area (Å²) in [7, 11) is 1.68. The Morgan fingerprint density at radius 1 is 1.00 bits per heavy atom. The maximum absolute atomic E-state index is 5.81. The Bertz CT molecular complexity index is 750. The number of para-hydroxylation sites is 2. The van der Waals surface area contributed by atoms with Crippen molar-refractivity contribution in [3.63, 3.8) is 0 Å². The predicted molar refractivity (Wildman–Crippen MR) is 88.3 cm³/mol. The average Bonchev–Trinajstić information content (AvgIpc) is 2.99. The molecule has 0 unspecified atom stereocenters. The standard InChI is InChI=1S/C18H19N3O/c1-22-18-10-6-5-9-15(18)16-13-20-21(17(16)11-12-19)14-7-3-2-4-8-14/h2-10,13H,11-12,19H2,1H3. The van der Waals surface area contributed by atoms with Gasteiger partial charge in [-0.3, -0.25) is 0 Å². The Morgan fingerprint density at radius 2 is 1.73 bits per heavy atom. The van der Waals surface area contributed by atoms with Crippen LogP contribution in [0.1, 0.15) is 5.69 Å². The molecule has 0 amide bonds. The van der Waals surface area contributed by atoms with Gasteiger partial charge in [0.15, 0.2) is 0 Å². The van der Waals surface area contributed by atoms with Crippen molar-refractivity contribution in [1.29, 1.82) is 0 Å². The van der Waals surface area contributed by atoms with Gasteiger partial charge in [0, 0.05) is 17.5 Å². The lowest BCUT2D eigenvalue weighted by Gasteiger charge is -2.11. The third kappa shape index (κ3) is 2.61. The molecule has 1 aromatic heterocycles. The summed E-state index contributed by atoms with van der Waals surface area (Å²) in [4.78, 5) is 0. The Balaban J connectivity index is 2.15. The third-order valence-corrected chi connectivity index (χ3v) is 3.65. The number of rotatable bonds is 5. The lowest BCUT2D eigenvalue weighted by molar-refractivity contribution is 0.416. The molecular weight excluding hydrogens is 274 g/mol. The maximum Gasteiger partial charge on any atom is 0.126 e. The molecule has 3 aromatic rings. The van der Waals surface area contributed by atoms with Crippen LogP contribution in [0.4, 0.5) is 0 Å². The number of benzene rings is 2. The van der Waals surface area contributed by atoms with Crippen LogP contribution < -0.4 is 10.5 Å². The Hall–Kier alpha value is -2.59. The number of hydrogen-bond acceptors (Lipinski definition) is 3. The topological polar surface area (TPSA) is 53.1 Å². The summed E-state index contributed by atoms with van der Waals surface area (Å²) in [6, 6.07) is 18.1. The maximum atomic E-state index is 5.81. The molecule has 1 heterocycles. The van der Waals surface area contributed by atoms with Crippen molar-refractivity contribution in [3.05, 3.63) is 66.5 Å². The Kier molecular flexibility index (Phi) is 4.21. The molecule has 0 fully saturated rings. The SMILES string of the molecule is COc1ccccc1-c1cnn(-c2ccccc2)c1CCN. The van der Waals surface area contributed by atoms with Gasteiger partial charge < -0.3 is 10.5 Å². The number of methoxy groups -OCH3 is 1. The zero-order valence-electron chi connectivity index (χ0n) is 12.6. The van der Waals surface area contributed by atoms with E-state index in [0.717, 1.165) is 34.7 Å². The third-order valence-electron chi connectivity index (χ3n) is 3.65. The van der Waals surface area contributed by atoms with Crippen molar-refractivity contribution in [2.45, 2.75) is 6.42 Å². The van der Waals surface area contributed by atoms with E-state index in [0.29, 0.717) is 6.54 Å². The van der Waals surface area contributed by atoms with E-state index in [4.69, 9.17) is 10.5 Å². The summed E-state index contributed by atoms with van der Waals surface area (Å²) in [5, 5.41) is 4.56. The van der Waals surface area contributed by atoms with E-state index in [9.17, 15) is 0 Å². The molecule has 112 valence electrons. The molecule has 0 saturated heterocycles. The molecule has 0 atom stereocenters. The Morgan fingerprint density at radius 3 is 2.45 bits per heavy atom. The first-order valence-corrected chi connectivity index (χ1v) is 7.31. The molecular formula is C18H19N3O. The molecule has 0 aliphatic carbocycles. The van der Waals surface area contributed by atoms with Gasteiger partial charge in [0.1, 0.15) is 5.75 Å². The fourth-order valence-corrected chi connectivity index (χ4v) is 2.63. The van der Waals surface area contributed by atoms with Crippen LogP contribution in [0.2, 0.25) is 0 Å². The van der Waals surface area contributed by atoms with E-state index in [-0.39, 0.29) is 0 Å². The van der Waals surface area contributed by atoms with Gasteiger partial charge in [0.05, 0.1) is 24.7 Å². The monoisotopic (exact) mass is 293 g/mol. The van der Waals surface area contributed by atoms with Gasteiger partial charge in [0.25, 0.3) is 0 Å². The molecule has 22 heavy (non-hydrogen) atoms. The highest BCUT2D eigenvalue weighted by Gasteiger charge is 2.16. The van der Waals surface area contributed by atoms with Crippen LogP contribution in [0, 0.1) is 0 Å². The molecule has 0 aliphatic heterocycles. The van der Waals surface area contributed by atoms with E-state index in [1.54, 1.807) is 7.11 Å². The average molecular weight is 293 g/mol. The predicted octanol–water partition coefficient (Wildman–Crippen LogP) is 3.05. The first kappa shape index (κ1) is 14.4. The van der Waals surface area contributed by atoms with Gasteiger partial charge in [-0.1, -0.05) is 36.4 Å². The zero-order valence-corrected chi connectivity index (χ0v) is 12.6. The number of nitrogens with zero attached hydrogens (tertiary/aromatic N) is 2. The second-order valence-corrected chi connectivity index (χ2v) is 4.99. The van der Waals surface area contributed by atoms with Crippen LogP contribution in [-0.4, -0.2) is 23.4 Å². The summed E-state index contributed by atoms with van der Waals surface area (Å²) in [5.74, 6) is 0.841. The highest BCUT2D eigenvalue weighted by molar-refractivity contribution is 5.72. The summed E-state index contributed by atoms with van der Waals surface area (Å²) >= 11 is 0. The van der Waals surface area contributed by atoms with E-state index in [1.807, 2.05) is 65.5 Å². The van der Waals surface area contributed by atoms with Crippen LogP contribution in [-0.2, 0) is 6.42 Å². The summed E-state index contributed by atoms with van der Waals surface area (Å²) < 4.78 is 7.43. The fraction of sp³-hybridized carbons (Fsp3) is 0.167.